The first kappa shape index (κ1) is 28.9. The van der Waals surface area contributed by atoms with Crippen LogP contribution >= 0.6 is 0 Å². The summed E-state index contributed by atoms with van der Waals surface area (Å²) in [6.07, 6.45) is -10.2. The lowest BCUT2D eigenvalue weighted by Gasteiger charge is -2.42. The van der Waals surface area contributed by atoms with E-state index in [1.165, 1.54) is 0 Å². The molecule has 202 valence electrons. The minimum atomic E-state index is -4.90. The van der Waals surface area contributed by atoms with Crippen LogP contribution in [-0.4, -0.2) is 73.1 Å². The van der Waals surface area contributed by atoms with Crippen LogP contribution in [0.5, 0.6) is 0 Å². The van der Waals surface area contributed by atoms with Gasteiger partial charge in [0.2, 0.25) is 20.0 Å². The maximum atomic E-state index is 13.3. The zero-order valence-electron chi connectivity index (χ0n) is 19.4. The van der Waals surface area contributed by atoms with Crippen molar-refractivity contribution in [3.8, 4) is 0 Å². The molecule has 2 aromatic carbocycles. The van der Waals surface area contributed by atoms with E-state index < -0.39 is 70.0 Å². The molecule has 2 aliphatic heterocycles. The monoisotopic (exact) mass is 578 g/mol. The average Bonchev–Trinajstić information content (AvgIpc) is 3.21. The van der Waals surface area contributed by atoms with E-state index >= 15 is 0 Å². The fourth-order valence-corrected chi connectivity index (χ4v) is 7.78. The Hall–Kier alpha value is -2.07. The Bertz CT molecular complexity index is 1460. The van der Waals surface area contributed by atoms with Gasteiger partial charge in [0, 0.05) is 43.6 Å². The van der Waals surface area contributed by atoms with Crippen LogP contribution in [0.3, 0.4) is 0 Å². The topological polar surface area (TPSA) is 84.0 Å². The molecule has 0 saturated carbocycles. The molecule has 0 aromatic heterocycles. The Morgan fingerprint density at radius 2 is 1.18 bits per heavy atom. The summed E-state index contributed by atoms with van der Waals surface area (Å²) in [6, 6.07) is 4.39. The molecule has 1 spiro atoms. The second-order valence-corrected chi connectivity index (χ2v) is 12.6. The van der Waals surface area contributed by atoms with Crippen LogP contribution in [0, 0.1) is 0 Å². The fraction of sp³-hybridized carbons (Fsp3) is 0.429. The summed E-state index contributed by atoms with van der Waals surface area (Å²) in [6.45, 7) is -0.945. The van der Waals surface area contributed by atoms with E-state index in [1.54, 1.807) is 0 Å². The first-order valence-corrected chi connectivity index (χ1v) is 13.9. The average molecular weight is 578 g/mol. The molecule has 0 atom stereocenters. The zero-order chi connectivity index (χ0) is 28.3. The Balaban J connectivity index is 1.60. The van der Waals surface area contributed by atoms with E-state index in [9.17, 15) is 43.2 Å². The summed E-state index contributed by atoms with van der Waals surface area (Å²) in [5, 5.41) is 0. The molecule has 4 rings (SSSR count). The van der Waals surface area contributed by atoms with Crippen molar-refractivity contribution in [1.29, 1.82) is 0 Å². The summed E-state index contributed by atoms with van der Waals surface area (Å²) in [5.74, 6) is 0. The standard InChI is InChI=1S/C21H18B2F6N2O5S2/c22-17-3-1-13(11-15(17)20(24,25)26)37(32,33)30-7-5-19(6-8-30)31(9-10-36-19)38(34,35)14-2-4-18(23)16(12-14)21(27,28)29/h1-4,11-12H,5-10H2. The molecule has 38 heavy (non-hydrogen) atoms. The smallest absolute Gasteiger partial charge is 0.358 e. The van der Waals surface area contributed by atoms with Crippen LogP contribution in [-0.2, 0) is 37.1 Å². The van der Waals surface area contributed by atoms with Crippen molar-refractivity contribution in [3.05, 3.63) is 47.5 Å². The van der Waals surface area contributed by atoms with Gasteiger partial charge in [-0.15, -0.1) is 0 Å². The SMILES string of the molecule is [B]c1ccc(S(=O)(=O)N2CCC3(CC2)OCCN3S(=O)(=O)c2ccc([B])c(C(F)(F)F)c2)cc1C(F)(F)F. The van der Waals surface area contributed by atoms with Gasteiger partial charge in [-0.3, -0.25) is 0 Å². The normalized spacial score (nSPS) is 19.7. The number of halogens is 6. The van der Waals surface area contributed by atoms with Crippen LogP contribution < -0.4 is 10.9 Å². The highest BCUT2D eigenvalue weighted by atomic mass is 32.2. The molecule has 2 fully saturated rings. The first-order chi connectivity index (χ1) is 17.4. The molecule has 2 saturated heterocycles. The van der Waals surface area contributed by atoms with Crippen molar-refractivity contribution in [2.75, 3.05) is 26.2 Å². The van der Waals surface area contributed by atoms with Gasteiger partial charge >= 0.3 is 12.4 Å². The molecule has 0 aliphatic carbocycles. The number of piperidine rings is 1. The van der Waals surface area contributed by atoms with E-state index in [1.807, 2.05) is 0 Å². The Kier molecular flexibility index (Phi) is 7.26. The summed E-state index contributed by atoms with van der Waals surface area (Å²) >= 11 is 0. The van der Waals surface area contributed by atoms with Gasteiger partial charge in [-0.25, -0.2) is 16.8 Å². The number of sulfonamides is 2. The van der Waals surface area contributed by atoms with Crippen molar-refractivity contribution < 1.29 is 47.9 Å². The van der Waals surface area contributed by atoms with Gasteiger partial charge in [0.1, 0.15) is 21.4 Å². The highest BCUT2D eigenvalue weighted by molar-refractivity contribution is 7.89. The third-order valence-electron chi connectivity index (χ3n) is 6.51. The van der Waals surface area contributed by atoms with Gasteiger partial charge in [0.15, 0.2) is 0 Å². The van der Waals surface area contributed by atoms with Gasteiger partial charge in [0.25, 0.3) is 0 Å². The molecule has 2 heterocycles. The number of benzene rings is 2. The van der Waals surface area contributed by atoms with Gasteiger partial charge in [0.05, 0.1) is 16.4 Å². The predicted octanol–water partition coefficient (Wildman–Crippen LogP) is 1.51. The minimum Gasteiger partial charge on any atom is -0.358 e. The lowest BCUT2D eigenvalue weighted by Crippen LogP contribution is -2.55. The largest absolute Gasteiger partial charge is 0.415 e. The van der Waals surface area contributed by atoms with Crippen molar-refractivity contribution in [2.24, 2.45) is 0 Å². The van der Waals surface area contributed by atoms with E-state index in [0.29, 0.717) is 12.1 Å². The molecule has 2 aromatic rings. The molecular formula is C21H18B2F6N2O5S2. The quantitative estimate of drug-likeness (QED) is 0.406. The van der Waals surface area contributed by atoms with Gasteiger partial charge in [-0.05, 0) is 24.3 Å². The molecule has 17 heteroatoms. The van der Waals surface area contributed by atoms with E-state index in [2.05, 4.69) is 0 Å². The summed E-state index contributed by atoms with van der Waals surface area (Å²) < 4.78 is 140. The van der Waals surface area contributed by atoms with Crippen LogP contribution in [0.15, 0.2) is 46.2 Å². The number of rotatable bonds is 4. The molecule has 4 radical (unpaired) electrons. The summed E-state index contributed by atoms with van der Waals surface area (Å²) in [7, 11) is 1.76. The van der Waals surface area contributed by atoms with E-state index in [0.717, 1.165) is 32.9 Å². The Morgan fingerprint density at radius 3 is 1.63 bits per heavy atom. The van der Waals surface area contributed by atoms with Crippen molar-refractivity contribution in [3.63, 3.8) is 0 Å². The van der Waals surface area contributed by atoms with Crippen molar-refractivity contribution >= 4 is 46.7 Å². The number of alkyl halides is 6. The molecular weight excluding hydrogens is 560 g/mol. The molecule has 0 N–H and O–H groups in total. The van der Waals surface area contributed by atoms with E-state index in [4.69, 9.17) is 20.4 Å². The second kappa shape index (κ2) is 9.54. The number of hydrogen-bond acceptors (Lipinski definition) is 5. The van der Waals surface area contributed by atoms with E-state index in [-0.39, 0.29) is 39.1 Å². The van der Waals surface area contributed by atoms with Gasteiger partial charge in [-0.1, -0.05) is 23.1 Å². The van der Waals surface area contributed by atoms with Crippen molar-refractivity contribution in [2.45, 2.75) is 40.7 Å². The highest BCUT2D eigenvalue weighted by Crippen LogP contribution is 2.40. The molecule has 2 aliphatic rings. The molecule has 0 unspecified atom stereocenters. The number of ether oxygens (including phenoxy) is 1. The van der Waals surface area contributed by atoms with Crippen molar-refractivity contribution in [1.82, 2.24) is 8.61 Å². The Morgan fingerprint density at radius 1 is 0.737 bits per heavy atom. The van der Waals surface area contributed by atoms with Crippen LogP contribution in [0.2, 0.25) is 0 Å². The van der Waals surface area contributed by atoms with Gasteiger partial charge < -0.3 is 4.74 Å². The lowest BCUT2D eigenvalue weighted by molar-refractivity contribution is -0.137. The third kappa shape index (κ3) is 5.10. The first-order valence-electron chi connectivity index (χ1n) is 11.0. The second-order valence-electron chi connectivity index (χ2n) is 8.77. The van der Waals surface area contributed by atoms with Crippen LogP contribution in [0.1, 0.15) is 24.0 Å². The molecule has 0 amide bonds. The summed E-state index contributed by atoms with van der Waals surface area (Å²) in [4.78, 5) is -1.31. The molecule has 0 bridgehead atoms. The maximum Gasteiger partial charge on any atom is 0.415 e. The lowest BCUT2D eigenvalue weighted by atomic mass is 9.90. The van der Waals surface area contributed by atoms with Gasteiger partial charge in [-0.2, -0.15) is 35.0 Å². The zero-order valence-corrected chi connectivity index (χ0v) is 21.0. The summed E-state index contributed by atoms with van der Waals surface area (Å²) in [5.41, 5.74) is -5.49. The minimum absolute atomic E-state index is 0.0972. The maximum absolute atomic E-state index is 13.3. The van der Waals surface area contributed by atoms with Crippen LogP contribution in [0.25, 0.3) is 0 Å². The molecule has 7 nitrogen and oxygen atoms in total. The fourth-order valence-electron chi connectivity index (χ4n) is 4.56. The number of nitrogens with zero attached hydrogens (tertiary/aromatic N) is 2. The highest BCUT2D eigenvalue weighted by Gasteiger charge is 2.52. The Labute approximate surface area is 217 Å². The van der Waals surface area contributed by atoms with Crippen LogP contribution in [0.4, 0.5) is 26.3 Å². The number of hydrogen-bond donors (Lipinski definition) is 0. The third-order valence-corrected chi connectivity index (χ3v) is 10.3. The predicted molar refractivity (Wildman–Crippen MR) is 124 cm³/mol.